The molecule has 0 aliphatic carbocycles. The highest BCUT2D eigenvalue weighted by Crippen LogP contribution is 2.28. The van der Waals surface area contributed by atoms with E-state index in [1.165, 1.54) is 25.7 Å². The van der Waals surface area contributed by atoms with Crippen LogP contribution in [-0.2, 0) is 4.79 Å². The molecule has 1 N–H and O–H groups in total. The number of hydrogen-bond acceptors (Lipinski definition) is 2. The maximum absolute atomic E-state index is 12.4. The smallest absolute Gasteiger partial charge is 0.241 e. The number of unbranched alkanes of at least 4 members (excludes halogenated alkanes) is 2. The van der Waals surface area contributed by atoms with Crippen molar-refractivity contribution in [3.05, 3.63) is 0 Å². The van der Waals surface area contributed by atoms with E-state index in [1.54, 1.807) is 0 Å². The molecule has 0 radical (unpaired) electrons. The maximum Gasteiger partial charge on any atom is 0.241 e. The van der Waals surface area contributed by atoms with Gasteiger partial charge in [-0.2, -0.15) is 0 Å². The molecule has 0 bridgehead atoms. The van der Waals surface area contributed by atoms with Gasteiger partial charge in [0.2, 0.25) is 5.91 Å². The summed E-state index contributed by atoms with van der Waals surface area (Å²) in [5.41, 5.74) is 0.224. The van der Waals surface area contributed by atoms with Gasteiger partial charge >= 0.3 is 0 Å². The van der Waals surface area contributed by atoms with E-state index in [0.717, 1.165) is 19.4 Å². The molecule has 0 aromatic heterocycles. The van der Waals surface area contributed by atoms with E-state index >= 15 is 0 Å². The topological polar surface area (TPSA) is 32.3 Å². The molecule has 1 rings (SSSR count). The molecule has 1 saturated heterocycles. The second kappa shape index (κ2) is 7.28. The Balaban J connectivity index is 2.53. The first kappa shape index (κ1) is 16.5. The summed E-state index contributed by atoms with van der Waals surface area (Å²) >= 11 is 0. The molecule has 3 heteroatoms. The summed E-state index contributed by atoms with van der Waals surface area (Å²) in [6, 6.07) is 0.0476. The molecule has 2 unspecified atom stereocenters. The van der Waals surface area contributed by atoms with Crippen molar-refractivity contribution in [2.24, 2.45) is 5.41 Å². The molecule has 0 spiro atoms. The predicted molar refractivity (Wildman–Crippen MR) is 80.9 cm³/mol. The molecule has 0 aromatic rings. The lowest BCUT2D eigenvalue weighted by molar-refractivity contribution is -0.131. The van der Waals surface area contributed by atoms with E-state index in [2.05, 4.69) is 39.9 Å². The lowest BCUT2D eigenvalue weighted by Crippen LogP contribution is -2.41. The zero-order valence-corrected chi connectivity index (χ0v) is 13.5. The summed E-state index contributed by atoms with van der Waals surface area (Å²) in [4.78, 5) is 14.4. The standard InChI is InChI=1S/C16H32N2O/c1-6-8-9-11-16(4,5)12-18-13(3)17-14(10-7-2)15(18)19/h13-14,17H,6-12H2,1-5H3. The van der Waals surface area contributed by atoms with Crippen LogP contribution in [0.15, 0.2) is 0 Å². The van der Waals surface area contributed by atoms with Gasteiger partial charge in [-0.15, -0.1) is 0 Å². The number of carbonyl (C=O) groups excluding carboxylic acids is 1. The molecule has 1 aliphatic heterocycles. The van der Waals surface area contributed by atoms with Crippen molar-refractivity contribution in [3.63, 3.8) is 0 Å². The molecule has 0 aromatic carbocycles. The first-order valence-electron chi connectivity index (χ1n) is 7.98. The quantitative estimate of drug-likeness (QED) is 0.683. The highest BCUT2D eigenvalue weighted by molar-refractivity contribution is 5.84. The van der Waals surface area contributed by atoms with Crippen LogP contribution in [0, 0.1) is 5.41 Å². The molecule has 0 saturated carbocycles. The van der Waals surface area contributed by atoms with Crippen LogP contribution < -0.4 is 5.32 Å². The monoisotopic (exact) mass is 268 g/mol. The number of amides is 1. The van der Waals surface area contributed by atoms with Crippen molar-refractivity contribution in [1.82, 2.24) is 10.2 Å². The first-order valence-corrected chi connectivity index (χ1v) is 7.98. The van der Waals surface area contributed by atoms with Crippen LogP contribution in [0.1, 0.15) is 73.1 Å². The predicted octanol–water partition coefficient (Wildman–Crippen LogP) is 3.54. The van der Waals surface area contributed by atoms with Crippen LogP contribution >= 0.6 is 0 Å². The minimum Gasteiger partial charge on any atom is -0.326 e. The fourth-order valence-electron chi connectivity index (χ4n) is 2.95. The average Bonchev–Trinajstić information content (AvgIpc) is 2.57. The SMILES string of the molecule is CCCCCC(C)(C)CN1C(=O)C(CCC)NC1C. The summed E-state index contributed by atoms with van der Waals surface area (Å²) in [5, 5.41) is 3.42. The zero-order chi connectivity index (χ0) is 14.5. The summed E-state index contributed by atoms with van der Waals surface area (Å²) < 4.78 is 0. The van der Waals surface area contributed by atoms with Gasteiger partial charge < -0.3 is 4.90 Å². The molecule has 19 heavy (non-hydrogen) atoms. The zero-order valence-electron chi connectivity index (χ0n) is 13.5. The van der Waals surface area contributed by atoms with Crippen LogP contribution in [0.3, 0.4) is 0 Å². The van der Waals surface area contributed by atoms with Crippen LogP contribution in [0.2, 0.25) is 0 Å². The number of hydrogen-bond donors (Lipinski definition) is 1. The summed E-state index contributed by atoms with van der Waals surface area (Å²) in [7, 11) is 0. The second-order valence-electron chi connectivity index (χ2n) is 6.77. The molecule has 2 atom stereocenters. The summed E-state index contributed by atoms with van der Waals surface area (Å²) in [6.07, 6.45) is 7.23. The molecule has 112 valence electrons. The third-order valence-corrected chi connectivity index (χ3v) is 4.12. The Morgan fingerprint density at radius 2 is 1.89 bits per heavy atom. The van der Waals surface area contributed by atoms with Gasteiger partial charge in [-0.1, -0.05) is 53.4 Å². The van der Waals surface area contributed by atoms with Crippen LogP contribution in [0.25, 0.3) is 0 Å². The highest BCUT2D eigenvalue weighted by Gasteiger charge is 2.38. The van der Waals surface area contributed by atoms with Gasteiger partial charge in [0.25, 0.3) is 0 Å². The van der Waals surface area contributed by atoms with Crippen molar-refractivity contribution < 1.29 is 4.79 Å². The Hall–Kier alpha value is -0.570. The minimum atomic E-state index is 0.0476. The van der Waals surface area contributed by atoms with Gasteiger partial charge in [0, 0.05) is 6.54 Å². The van der Waals surface area contributed by atoms with Gasteiger partial charge in [-0.25, -0.2) is 0 Å². The third kappa shape index (κ3) is 4.79. The Kier molecular flexibility index (Phi) is 6.31. The Bertz CT molecular complexity index is 288. The summed E-state index contributed by atoms with van der Waals surface area (Å²) in [5.74, 6) is 0.304. The fraction of sp³-hybridized carbons (Fsp3) is 0.938. The Morgan fingerprint density at radius 3 is 2.47 bits per heavy atom. The van der Waals surface area contributed by atoms with E-state index in [1.807, 2.05) is 4.90 Å². The maximum atomic E-state index is 12.4. The Labute approximate surface area is 119 Å². The van der Waals surface area contributed by atoms with Crippen LogP contribution in [-0.4, -0.2) is 29.6 Å². The second-order valence-corrected chi connectivity index (χ2v) is 6.77. The molecular formula is C16H32N2O. The Morgan fingerprint density at radius 1 is 1.21 bits per heavy atom. The molecule has 1 heterocycles. The lowest BCUT2D eigenvalue weighted by atomic mass is 9.86. The van der Waals surface area contributed by atoms with Gasteiger partial charge in [0.15, 0.2) is 0 Å². The molecular weight excluding hydrogens is 236 g/mol. The normalized spacial score (nSPS) is 24.3. The minimum absolute atomic E-state index is 0.0476. The lowest BCUT2D eigenvalue weighted by Gasteiger charge is -2.32. The average molecular weight is 268 g/mol. The third-order valence-electron chi connectivity index (χ3n) is 4.12. The highest BCUT2D eigenvalue weighted by atomic mass is 16.2. The molecule has 1 aliphatic rings. The van der Waals surface area contributed by atoms with E-state index in [-0.39, 0.29) is 17.6 Å². The number of nitrogens with zero attached hydrogens (tertiary/aromatic N) is 1. The fourth-order valence-corrected chi connectivity index (χ4v) is 2.95. The van der Waals surface area contributed by atoms with Gasteiger partial charge in [-0.05, 0) is 25.2 Å². The van der Waals surface area contributed by atoms with Gasteiger partial charge in [-0.3, -0.25) is 10.1 Å². The van der Waals surface area contributed by atoms with Gasteiger partial charge in [0.05, 0.1) is 12.2 Å². The van der Waals surface area contributed by atoms with E-state index in [0.29, 0.717) is 5.91 Å². The molecule has 1 fully saturated rings. The van der Waals surface area contributed by atoms with Crippen molar-refractivity contribution in [3.8, 4) is 0 Å². The van der Waals surface area contributed by atoms with E-state index in [9.17, 15) is 4.79 Å². The van der Waals surface area contributed by atoms with Gasteiger partial charge in [0.1, 0.15) is 0 Å². The van der Waals surface area contributed by atoms with Crippen molar-refractivity contribution in [1.29, 1.82) is 0 Å². The largest absolute Gasteiger partial charge is 0.326 e. The molecule has 1 amide bonds. The summed E-state index contributed by atoms with van der Waals surface area (Å²) in [6.45, 7) is 11.9. The molecule has 3 nitrogen and oxygen atoms in total. The van der Waals surface area contributed by atoms with Crippen LogP contribution in [0.4, 0.5) is 0 Å². The van der Waals surface area contributed by atoms with E-state index < -0.39 is 0 Å². The van der Waals surface area contributed by atoms with E-state index in [4.69, 9.17) is 0 Å². The number of carbonyl (C=O) groups is 1. The van der Waals surface area contributed by atoms with Crippen molar-refractivity contribution in [2.45, 2.75) is 85.4 Å². The van der Waals surface area contributed by atoms with Crippen LogP contribution in [0.5, 0.6) is 0 Å². The van der Waals surface area contributed by atoms with Crippen molar-refractivity contribution >= 4 is 5.91 Å². The number of nitrogens with one attached hydrogen (secondary N) is 1. The van der Waals surface area contributed by atoms with Crippen molar-refractivity contribution in [2.75, 3.05) is 6.54 Å². The number of rotatable bonds is 8. The first-order chi connectivity index (χ1) is 8.91.